The molecule has 0 aliphatic carbocycles. The van der Waals surface area contributed by atoms with Gasteiger partial charge in [0.15, 0.2) is 0 Å². The van der Waals surface area contributed by atoms with Gasteiger partial charge in [-0.2, -0.15) is 13.2 Å². The van der Waals surface area contributed by atoms with Gasteiger partial charge in [-0.15, -0.1) is 0 Å². The average molecular weight is 263 g/mol. The Labute approximate surface area is 102 Å². The Morgan fingerprint density at radius 1 is 1.39 bits per heavy atom. The van der Waals surface area contributed by atoms with Crippen molar-refractivity contribution in [1.29, 1.82) is 5.41 Å². The van der Waals surface area contributed by atoms with Gasteiger partial charge in [0.2, 0.25) is 0 Å². The summed E-state index contributed by atoms with van der Waals surface area (Å²) in [6.45, 7) is -1.27. The lowest BCUT2D eigenvalue weighted by Gasteiger charge is -2.19. The molecular formula is C11H13F4N3. The standard InChI is InChI=1S/C11H13F4N3/c1-18(6-11(13,14)15)5-8-3-2-7(10(16)17)4-9(8)12/h2-4H,5-6H2,1H3,(H3,16,17). The molecule has 0 unspecified atom stereocenters. The maximum atomic E-state index is 13.5. The first kappa shape index (κ1) is 14.4. The first-order valence-electron chi connectivity index (χ1n) is 5.07. The summed E-state index contributed by atoms with van der Waals surface area (Å²) in [5.41, 5.74) is 5.51. The number of rotatable bonds is 4. The molecule has 0 saturated carbocycles. The number of amidine groups is 1. The van der Waals surface area contributed by atoms with Crippen molar-refractivity contribution in [3.05, 3.63) is 35.1 Å². The lowest BCUT2D eigenvalue weighted by atomic mass is 10.1. The van der Waals surface area contributed by atoms with Crippen LogP contribution in [-0.4, -0.2) is 30.5 Å². The topological polar surface area (TPSA) is 53.1 Å². The SMILES string of the molecule is CN(Cc1ccc(C(=N)N)cc1F)CC(F)(F)F. The summed E-state index contributed by atoms with van der Waals surface area (Å²) in [7, 11) is 1.26. The molecule has 0 aliphatic rings. The van der Waals surface area contributed by atoms with Crippen molar-refractivity contribution in [2.24, 2.45) is 5.73 Å². The van der Waals surface area contributed by atoms with E-state index in [4.69, 9.17) is 11.1 Å². The zero-order valence-electron chi connectivity index (χ0n) is 9.68. The van der Waals surface area contributed by atoms with Crippen LogP contribution in [0.5, 0.6) is 0 Å². The van der Waals surface area contributed by atoms with E-state index in [2.05, 4.69) is 0 Å². The molecule has 18 heavy (non-hydrogen) atoms. The van der Waals surface area contributed by atoms with E-state index in [1.54, 1.807) is 0 Å². The second-order valence-corrected chi connectivity index (χ2v) is 4.01. The molecule has 0 aromatic heterocycles. The van der Waals surface area contributed by atoms with Gasteiger partial charge in [-0.1, -0.05) is 12.1 Å². The molecule has 0 heterocycles. The number of nitrogens with two attached hydrogens (primary N) is 1. The fourth-order valence-electron chi connectivity index (χ4n) is 1.50. The number of nitrogens with one attached hydrogen (secondary N) is 1. The number of halogens is 4. The minimum Gasteiger partial charge on any atom is -0.384 e. The van der Waals surface area contributed by atoms with E-state index in [1.807, 2.05) is 0 Å². The van der Waals surface area contributed by atoms with E-state index in [0.29, 0.717) is 0 Å². The van der Waals surface area contributed by atoms with E-state index in [9.17, 15) is 17.6 Å². The molecule has 3 nitrogen and oxygen atoms in total. The van der Waals surface area contributed by atoms with Gasteiger partial charge in [0.05, 0.1) is 6.54 Å². The van der Waals surface area contributed by atoms with Crippen LogP contribution in [0.25, 0.3) is 0 Å². The fraction of sp³-hybridized carbons (Fsp3) is 0.364. The molecule has 0 spiro atoms. The van der Waals surface area contributed by atoms with Crippen molar-refractivity contribution >= 4 is 5.84 Å². The number of hydrogen-bond donors (Lipinski definition) is 2. The van der Waals surface area contributed by atoms with E-state index >= 15 is 0 Å². The molecule has 1 rings (SSSR count). The molecule has 0 amide bonds. The predicted molar refractivity (Wildman–Crippen MR) is 59.8 cm³/mol. The van der Waals surface area contributed by atoms with Gasteiger partial charge in [0.25, 0.3) is 0 Å². The van der Waals surface area contributed by atoms with Crippen LogP contribution >= 0.6 is 0 Å². The molecule has 1 aromatic rings. The van der Waals surface area contributed by atoms with Crippen molar-refractivity contribution in [3.8, 4) is 0 Å². The van der Waals surface area contributed by atoms with Crippen LogP contribution in [0.2, 0.25) is 0 Å². The third-order valence-electron chi connectivity index (χ3n) is 2.25. The third kappa shape index (κ3) is 4.33. The van der Waals surface area contributed by atoms with Crippen molar-refractivity contribution in [1.82, 2.24) is 4.90 Å². The van der Waals surface area contributed by atoms with E-state index in [-0.39, 0.29) is 23.5 Å². The minimum absolute atomic E-state index is 0.131. The number of hydrogen-bond acceptors (Lipinski definition) is 2. The van der Waals surface area contributed by atoms with E-state index in [0.717, 1.165) is 11.0 Å². The highest BCUT2D eigenvalue weighted by molar-refractivity contribution is 5.94. The second-order valence-electron chi connectivity index (χ2n) is 4.01. The van der Waals surface area contributed by atoms with Gasteiger partial charge in [0.1, 0.15) is 11.7 Å². The van der Waals surface area contributed by atoms with Crippen molar-refractivity contribution in [2.45, 2.75) is 12.7 Å². The highest BCUT2D eigenvalue weighted by Crippen LogP contribution is 2.18. The van der Waals surface area contributed by atoms with Gasteiger partial charge in [-0.3, -0.25) is 10.3 Å². The first-order valence-corrected chi connectivity index (χ1v) is 5.07. The van der Waals surface area contributed by atoms with E-state index < -0.39 is 18.5 Å². The predicted octanol–water partition coefficient (Wildman–Crippen LogP) is 2.10. The Hall–Kier alpha value is -1.63. The van der Waals surface area contributed by atoms with Crippen LogP contribution in [0.4, 0.5) is 17.6 Å². The molecule has 7 heteroatoms. The Kier molecular flexibility index (Phi) is 4.28. The Balaban J connectivity index is 2.77. The Bertz CT molecular complexity index is 442. The summed E-state index contributed by atoms with van der Waals surface area (Å²) in [6, 6.07) is 3.78. The zero-order chi connectivity index (χ0) is 13.9. The van der Waals surface area contributed by atoms with Crippen LogP contribution in [0, 0.1) is 11.2 Å². The van der Waals surface area contributed by atoms with Crippen LogP contribution in [0.1, 0.15) is 11.1 Å². The van der Waals surface area contributed by atoms with E-state index in [1.165, 1.54) is 19.2 Å². The monoisotopic (exact) mass is 263 g/mol. The Morgan fingerprint density at radius 3 is 2.44 bits per heavy atom. The van der Waals surface area contributed by atoms with Crippen molar-refractivity contribution in [3.63, 3.8) is 0 Å². The third-order valence-corrected chi connectivity index (χ3v) is 2.25. The molecule has 3 N–H and O–H groups in total. The molecule has 0 atom stereocenters. The lowest BCUT2D eigenvalue weighted by molar-refractivity contribution is -0.144. The summed E-state index contributed by atoms with van der Waals surface area (Å²) in [6.07, 6.45) is -4.31. The fourth-order valence-corrected chi connectivity index (χ4v) is 1.50. The number of nitrogens with zero attached hydrogens (tertiary/aromatic N) is 1. The van der Waals surface area contributed by atoms with Gasteiger partial charge in [0, 0.05) is 17.7 Å². The number of benzene rings is 1. The number of alkyl halides is 3. The van der Waals surface area contributed by atoms with Gasteiger partial charge >= 0.3 is 6.18 Å². The minimum atomic E-state index is -4.31. The largest absolute Gasteiger partial charge is 0.401 e. The van der Waals surface area contributed by atoms with Crippen LogP contribution < -0.4 is 5.73 Å². The summed E-state index contributed by atoms with van der Waals surface area (Å²) < 4.78 is 49.8. The van der Waals surface area contributed by atoms with Crippen molar-refractivity contribution in [2.75, 3.05) is 13.6 Å². The summed E-state index contributed by atoms with van der Waals surface area (Å²) >= 11 is 0. The molecule has 1 aromatic carbocycles. The number of nitrogen functional groups attached to an aromatic ring is 1. The second kappa shape index (κ2) is 5.34. The maximum absolute atomic E-state index is 13.5. The maximum Gasteiger partial charge on any atom is 0.401 e. The highest BCUT2D eigenvalue weighted by Gasteiger charge is 2.29. The zero-order valence-corrected chi connectivity index (χ0v) is 9.68. The smallest absolute Gasteiger partial charge is 0.384 e. The van der Waals surface area contributed by atoms with Crippen LogP contribution in [0.15, 0.2) is 18.2 Å². The molecule has 0 fully saturated rings. The molecule has 0 radical (unpaired) electrons. The van der Waals surface area contributed by atoms with Gasteiger partial charge < -0.3 is 5.73 Å². The lowest BCUT2D eigenvalue weighted by Crippen LogP contribution is -2.30. The molecule has 0 bridgehead atoms. The molecule has 0 aliphatic heterocycles. The first-order chi connectivity index (χ1) is 8.19. The average Bonchev–Trinajstić information content (AvgIpc) is 2.17. The molecule has 0 saturated heterocycles. The molecular weight excluding hydrogens is 250 g/mol. The summed E-state index contributed by atoms with van der Waals surface area (Å²) in [4.78, 5) is 0.964. The highest BCUT2D eigenvalue weighted by atomic mass is 19.4. The Morgan fingerprint density at radius 2 is 2.00 bits per heavy atom. The summed E-state index contributed by atoms with van der Waals surface area (Å²) in [5, 5.41) is 7.11. The van der Waals surface area contributed by atoms with Gasteiger partial charge in [-0.25, -0.2) is 4.39 Å². The normalized spacial score (nSPS) is 11.9. The van der Waals surface area contributed by atoms with Crippen molar-refractivity contribution < 1.29 is 17.6 Å². The quantitative estimate of drug-likeness (QED) is 0.496. The molecule has 100 valence electrons. The van der Waals surface area contributed by atoms with Gasteiger partial charge in [-0.05, 0) is 13.1 Å². The van der Waals surface area contributed by atoms with Crippen LogP contribution in [-0.2, 0) is 6.54 Å². The van der Waals surface area contributed by atoms with Crippen LogP contribution in [0.3, 0.4) is 0 Å². The summed E-state index contributed by atoms with van der Waals surface area (Å²) in [5.74, 6) is -0.958.